The molecule has 2 N–H and O–H groups in total. The Morgan fingerprint density at radius 1 is 1.62 bits per heavy atom. The van der Waals surface area contributed by atoms with E-state index >= 15 is 0 Å². The van der Waals surface area contributed by atoms with Crippen LogP contribution < -0.4 is 5.32 Å². The van der Waals surface area contributed by atoms with E-state index in [9.17, 15) is 5.11 Å². The van der Waals surface area contributed by atoms with E-state index in [2.05, 4.69) is 30.6 Å². The molecule has 0 saturated heterocycles. The first-order valence-corrected chi connectivity index (χ1v) is 5.51. The summed E-state index contributed by atoms with van der Waals surface area (Å²) in [7, 11) is 0. The van der Waals surface area contributed by atoms with E-state index in [-0.39, 0.29) is 12.0 Å². The van der Waals surface area contributed by atoms with E-state index in [0.29, 0.717) is 0 Å². The van der Waals surface area contributed by atoms with Crippen molar-refractivity contribution in [3.8, 4) is 0 Å². The number of thiophene rings is 1. The van der Waals surface area contributed by atoms with Crippen LogP contribution in [0.3, 0.4) is 0 Å². The zero-order valence-electron chi connectivity index (χ0n) is 8.21. The quantitative estimate of drug-likeness (QED) is 0.764. The lowest BCUT2D eigenvalue weighted by molar-refractivity contribution is 0.149. The van der Waals surface area contributed by atoms with Gasteiger partial charge in [0.1, 0.15) is 0 Å². The second kappa shape index (κ2) is 4.63. The maximum Gasteiger partial charge on any atom is 0.0501 e. The molecule has 1 unspecified atom stereocenters. The van der Waals surface area contributed by atoms with Crippen molar-refractivity contribution in [2.24, 2.45) is 5.41 Å². The summed E-state index contributed by atoms with van der Waals surface area (Å²) in [6.45, 7) is 5.26. The van der Waals surface area contributed by atoms with Gasteiger partial charge < -0.3 is 10.4 Å². The monoisotopic (exact) mass is 199 g/mol. The van der Waals surface area contributed by atoms with Crippen molar-refractivity contribution in [3.05, 3.63) is 16.8 Å². The van der Waals surface area contributed by atoms with Gasteiger partial charge in [-0.3, -0.25) is 0 Å². The average molecular weight is 199 g/mol. The van der Waals surface area contributed by atoms with Crippen molar-refractivity contribution in [1.29, 1.82) is 0 Å². The number of anilines is 1. The zero-order valence-corrected chi connectivity index (χ0v) is 9.03. The van der Waals surface area contributed by atoms with Crippen molar-refractivity contribution in [2.75, 3.05) is 18.5 Å². The molecule has 1 aromatic heterocycles. The van der Waals surface area contributed by atoms with Gasteiger partial charge in [0.05, 0.1) is 6.61 Å². The van der Waals surface area contributed by atoms with Crippen LogP contribution in [0, 0.1) is 5.41 Å². The first-order chi connectivity index (χ1) is 6.20. The van der Waals surface area contributed by atoms with Crippen molar-refractivity contribution in [3.63, 3.8) is 0 Å². The Balaban J connectivity index is 2.41. The van der Waals surface area contributed by atoms with E-state index in [0.717, 1.165) is 18.7 Å². The van der Waals surface area contributed by atoms with Gasteiger partial charge in [-0.15, -0.1) is 0 Å². The van der Waals surface area contributed by atoms with Crippen LogP contribution in [0.2, 0.25) is 0 Å². The molecule has 0 aliphatic carbocycles. The maximum atomic E-state index is 9.18. The third-order valence-electron chi connectivity index (χ3n) is 2.48. The summed E-state index contributed by atoms with van der Waals surface area (Å²) in [6.07, 6.45) is 0.987. The van der Waals surface area contributed by atoms with E-state index in [1.165, 1.54) is 0 Å². The minimum atomic E-state index is 0.00192. The highest BCUT2D eigenvalue weighted by Gasteiger charge is 2.20. The van der Waals surface area contributed by atoms with Gasteiger partial charge in [-0.2, -0.15) is 11.3 Å². The molecule has 0 fully saturated rings. The van der Waals surface area contributed by atoms with Crippen molar-refractivity contribution in [2.45, 2.75) is 20.3 Å². The van der Waals surface area contributed by atoms with Crippen LogP contribution in [-0.4, -0.2) is 18.3 Å². The fourth-order valence-electron chi connectivity index (χ4n) is 0.973. The Morgan fingerprint density at radius 2 is 2.38 bits per heavy atom. The topological polar surface area (TPSA) is 32.3 Å². The number of hydrogen-bond donors (Lipinski definition) is 2. The van der Waals surface area contributed by atoms with Crippen molar-refractivity contribution >= 4 is 17.0 Å². The molecule has 0 aromatic carbocycles. The molecule has 0 bridgehead atoms. The molecule has 0 spiro atoms. The SMILES string of the molecule is CCC(C)(CO)CNc1ccsc1. The fourth-order valence-corrected chi connectivity index (χ4v) is 1.59. The largest absolute Gasteiger partial charge is 0.396 e. The maximum absolute atomic E-state index is 9.18. The van der Waals surface area contributed by atoms with E-state index in [4.69, 9.17) is 0 Å². The molecule has 0 saturated carbocycles. The summed E-state index contributed by atoms with van der Waals surface area (Å²) in [6, 6.07) is 2.05. The highest BCUT2D eigenvalue weighted by atomic mass is 32.1. The number of hydrogen-bond acceptors (Lipinski definition) is 3. The molecule has 1 aromatic rings. The summed E-state index contributed by atoms with van der Waals surface area (Å²) in [5.74, 6) is 0. The molecule has 1 heterocycles. The Kier molecular flexibility index (Phi) is 3.75. The van der Waals surface area contributed by atoms with Crippen LogP contribution in [0.5, 0.6) is 0 Å². The van der Waals surface area contributed by atoms with Crippen LogP contribution in [0.4, 0.5) is 5.69 Å². The summed E-state index contributed by atoms with van der Waals surface area (Å²) >= 11 is 1.68. The lowest BCUT2D eigenvalue weighted by Crippen LogP contribution is -2.29. The van der Waals surface area contributed by atoms with Crippen LogP contribution in [0.25, 0.3) is 0 Å². The molecular formula is C10H17NOS. The summed E-state index contributed by atoms with van der Waals surface area (Å²) in [5.41, 5.74) is 1.15. The second-order valence-electron chi connectivity index (χ2n) is 3.69. The van der Waals surface area contributed by atoms with Gasteiger partial charge in [-0.05, 0) is 17.9 Å². The summed E-state index contributed by atoms with van der Waals surface area (Å²) in [4.78, 5) is 0. The van der Waals surface area contributed by atoms with Gasteiger partial charge in [0.2, 0.25) is 0 Å². The fraction of sp³-hybridized carbons (Fsp3) is 0.600. The van der Waals surface area contributed by atoms with Crippen molar-refractivity contribution < 1.29 is 5.11 Å². The Labute approximate surface area is 83.6 Å². The molecule has 1 atom stereocenters. The highest BCUT2D eigenvalue weighted by molar-refractivity contribution is 7.08. The van der Waals surface area contributed by atoms with Gasteiger partial charge in [0, 0.05) is 23.0 Å². The van der Waals surface area contributed by atoms with Gasteiger partial charge in [0.25, 0.3) is 0 Å². The average Bonchev–Trinajstić information content (AvgIpc) is 2.67. The van der Waals surface area contributed by atoms with E-state index < -0.39 is 0 Å². The molecule has 0 amide bonds. The number of aliphatic hydroxyl groups excluding tert-OH is 1. The van der Waals surface area contributed by atoms with E-state index in [1.54, 1.807) is 11.3 Å². The number of nitrogens with one attached hydrogen (secondary N) is 1. The van der Waals surface area contributed by atoms with Gasteiger partial charge in [-0.1, -0.05) is 13.8 Å². The van der Waals surface area contributed by atoms with Crippen LogP contribution >= 0.6 is 11.3 Å². The smallest absolute Gasteiger partial charge is 0.0501 e. The van der Waals surface area contributed by atoms with Gasteiger partial charge in [-0.25, -0.2) is 0 Å². The normalized spacial score (nSPS) is 15.3. The predicted octanol–water partition coefficient (Wildman–Crippen LogP) is 2.57. The number of aliphatic hydroxyl groups is 1. The van der Waals surface area contributed by atoms with E-state index in [1.807, 2.05) is 5.38 Å². The van der Waals surface area contributed by atoms with Gasteiger partial charge in [0.15, 0.2) is 0 Å². The number of rotatable bonds is 5. The molecule has 2 nitrogen and oxygen atoms in total. The molecule has 0 aliphatic heterocycles. The van der Waals surface area contributed by atoms with Gasteiger partial charge >= 0.3 is 0 Å². The van der Waals surface area contributed by atoms with Crippen LogP contribution in [-0.2, 0) is 0 Å². The minimum absolute atomic E-state index is 0.00192. The first kappa shape index (κ1) is 10.5. The zero-order chi connectivity index (χ0) is 9.73. The third kappa shape index (κ3) is 3.01. The third-order valence-corrected chi connectivity index (χ3v) is 3.16. The molecular weight excluding hydrogens is 182 g/mol. The molecule has 0 aliphatic rings. The highest BCUT2D eigenvalue weighted by Crippen LogP contribution is 2.21. The lowest BCUT2D eigenvalue weighted by atomic mass is 9.88. The van der Waals surface area contributed by atoms with Crippen molar-refractivity contribution in [1.82, 2.24) is 0 Å². The first-order valence-electron chi connectivity index (χ1n) is 4.57. The summed E-state index contributed by atoms with van der Waals surface area (Å²) < 4.78 is 0. The molecule has 74 valence electrons. The van der Waals surface area contributed by atoms with Crippen LogP contribution in [0.15, 0.2) is 16.8 Å². The minimum Gasteiger partial charge on any atom is -0.396 e. The molecule has 1 rings (SSSR count). The Hall–Kier alpha value is -0.540. The predicted molar refractivity (Wildman–Crippen MR) is 58.3 cm³/mol. The standard InChI is InChI=1S/C10H17NOS/c1-3-10(2,8-12)7-11-9-4-5-13-6-9/h4-6,11-12H,3,7-8H2,1-2H3. The molecule has 0 radical (unpaired) electrons. The molecule has 3 heteroatoms. The summed E-state index contributed by atoms with van der Waals surface area (Å²) in [5, 5.41) is 16.6. The Morgan fingerprint density at radius 3 is 2.85 bits per heavy atom. The second-order valence-corrected chi connectivity index (χ2v) is 4.47. The lowest BCUT2D eigenvalue weighted by Gasteiger charge is -2.25. The molecule has 13 heavy (non-hydrogen) atoms. The van der Waals surface area contributed by atoms with Crippen LogP contribution in [0.1, 0.15) is 20.3 Å². The Bertz CT molecular complexity index is 229.